The number of nitrogens with zero attached hydrogens (tertiary/aromatic N) is 2. The van der Waals surface area contributed by atoms with Crippen molar-refractivity contribution >= 4 is 22.3 Å². The molecule has 1 heterocycles. The van der Waals surface area contributed by atoms with Crippen LogP contribution in [0.25, 0.3) is 0 Å². The minimum Gasteiger partial charge on any atom is -0.253 e. The third-order valence-electron chi connectivity index (χ3n) is 0.968. The van der Waals surface area contributed by atoms with Gasteiger partial charge in [0.15, 0.2) is 0 Å². The van der Waals surface area contributed by atoms with E-state index in [9.17, 15) is 4.21 Å². The molecule has 0 aliphatic heterocycles. The summed E-state index contributed by atoms with van der Waals surface area (Å²) < 4.78 is 15.6. The van der Waals surface area contributed by atoms with E-state index in [0.717, 1.165) is 4.21 Å². The third-order valence-corrected chi connectivity index (χ3v) is 3.50. The van der Waals surface area contributed by atoms with Crippen molar-refractivity contribution in [3.63, 3.8) is 0 Å². The van der Waals surface area contributed by atoms with Gasteiger partial charge in [0.05, 0.1) is 17.0 Å². The van der Waals surface area contributed by atoms with Gasteiger partial charge >= 0.3 is 0 Å². The van der Waals surface area contributed by atoms with Crippen molar-refractivity contribution in [1.82, 2.24) is 9.59 Å². The molecular weight excluding hydrogens is 168 g/mol. The summed E-state index contributed by atoms with van der Waals surface area (Å²) in [5.74, 6) is 0. The second-order valence-electron chi connectivity index (χ2n) is 2.08. The lowest BCUT2D eigenvalue weighted by Gasteiger charge is -1.98. The molecule has 56 valence electrons. The number of hydrogen-bond donors (Lipinski definition) is 0. The van der Waals surface area contributed by atoms with E-state index in [0.29, 0.717) is 0 Å². The van der Waals surface area contributed by atoms with E-state index in [1.54, 1.807) is 6.20 Å². The largest absolute Gasteiger partial charge is 0.253 e. The standard InChI is InChI=1S/C5H8N2OS2/c1-4(2)10(8)5-3-6-7-9-5/h3-4H,1-2H3. The SMILES string of the molecule is CC(C)S(=O)c1cnns1. The number of aromatic nitrogens is 2. The monoisotopic (exact) mass is 176 g/mol. The molecule has 0 fully saturated rings. The van der Waals surface area contributed by atoms with Crippen molar-refractivity contribution in [3.05, 3.63) is 6.20 Å². The fourth-order valence-corrected chi connectivity index (χ4v) is 2.33. The fourth-order valence-electron chi connectivity index (χ4n) is 0.479. The zero-order valence-electron chi connectivity index (χ0n) is 5.77. The number of rotatable bonds is 2. The molecule has 1 rings (SSSR count). The molecule has 0 aliphatic carbocycles. The molecule has 0 saturated carbocycles. The minimum absolute atomic E-state index is 0.155. The van der Waals surface area contributed by atoms with Crippen LogP contribution in [-0.4, -0.2) is 19.0 Å². The van der Waals surface area contributed by atoms with Crippen LogP contribution >= 0.6 is 11.5 Å². The second kappa shape index (κ2) is 3.21. The number of hydrogen-bond acceptors (Lipinski definition) is 4. The lowest BCUT2D eigenvalue weighted by atomic mass is 10.6. The Hall–Kier alpha value is -0.290. The molecule has 0 amide bonds. The summed E-state index contributed by atoms with van der Waals surface area (Å²) in [7, 11) is -0.910. The Morgan fingerprint density at radius 1 is 1.70 bits per heavy atom. The van der Waals surface area contributed by atoms with Gasteiger partial charge < -0.3 is 0 Å². The van der Waals surface area contributed by atoms with Crippen LogP contribution in [0.2, 0.25) is 0 Å². The first-order chi connectivity index (χ1) is 4.72. The molecule has 1 aromatic heterocycles. The van der Waals surface area contributed by atoms with E-state index in [1.807, 2.05) is 13.8 Å². The summed E-state index contributed by atoms with van der Waals surface area (Å²) in [6.45, 7) is 3.83. The lowest BCUT2D eigenvalue weighted by Crippen LogP contribution is -2.03. The highest BCUT2D eigenvalue weighted by Gasteiger charge is 2.09. The molecule has 0 saturated heterocycles. The molecule has 0 bridgehead atoms. The zero-order valence-corrected chi connectivity index (χ0v) is 7.41. The first-order valence-corrected chi connectivity index (χ1v) is 4.88. The van der Waals surface area contributed by atoms with Gasteiger partial charge in [-0.15, -0.1) is 5.10 Å². The van der Waals surface area contributed by atoms with Crippen LogP contribution in [-0.2, 0) is 10.8 Å². The highest BCUT2D eigenvalue weighted by atomic mass is 32.2. The van der Waals surface area contributed by atoms with Crippen molar-refractivity contribution in [2.75, 3.05) is 0 Å². The topological polar surface area (TPSA) is 42.9 Å². The van der Waals surface area contributed by atoms with E-state index in [-0.39, 0.29) is 5.25 Å². The zero-order chi connectivity index (χ0) is 7.56. The predicted molar refractivity (Wildman–Crippen MR) is 41.5 cm³/mol. The maximum absolute atomic E-state index is 11.2. The average Bonchev–Trinajstić information content (AvgIpc) is 2.36. The minimum atomic E-state index is -0.910. The van der Waals surface area contributed by atoms with Gasteiger partial charge in [-0.3, -0.25) is 4.21 Å². The van der Waals surface area contributed by atoms with Gasteiger partial charge in [0.2, 0.25) is 0 Å². The summed E-state index contributed by atoms with van der Waals surface area (Å²) >= 11 is 1.20. The van der Waals surface area contributed by atoms with Crippen LogP contribution < -0.4 is 0 Å². The van der Waals surface area contributed by atoms with Crippen molar-refractivity contribution in [2.45, 2.75) is 23.3 Å². The lowest BCUT2D eigenvalue weighted by molar-refractivity contribution is 0.678. The van der Waals surface area contributed by atoms with Gasteiger partial charge in [-0.2, -0.15) is 0 Å². The smallest absolute Gasteiger partial charge is 0.132 e. The molecule has 0 radical (unpaired) electrons. The molecule has 1 aromatic rings. The fraction of sp³-hybridized carbons (Fsp3) is 0.600. The van der Waals surface area contributed by atoms with Crippen LogP contribution in [0.5, 0.6) is 0 Å². The van der Waals surface area contributed by atoms with Gasteiger partial charge in [-0.25, -0.2) is 0 Å². The Bertz CT molecular complexity index is 220. The van der Waals surface area contributed by atoms with E-state index in [1.165, 1.54) is 11.5 Å². The molecular formula is C5H8N2OS2. The molecule has 5 heteroatoms. The Labute approximate surface area is 66.1 Å². The molecule has 3 nitrogen and oxygen atoms in total. The van der Waals surface area contributed by atoms with Gasteiger partial charge in [-0.05, 0) is 11.5 Å². The maximum Gasteiger partial charge on any atom is 0.132 e. The van der Waals surface area contributed by atoms with Crippen molar-refractivity contribution in [1.29, 1.82) is 0 Å². The molecule has 0 aliphatic rings. The Morgan fingerprint density at radius 2 is 2.40 bits per heavy atom. The summed E-state index contributed by atoms with van der Waals surface area (Å²) in [4.78, 5) is 0. The quantitative estimate of drug-likeness (QED) is 0.676. The molecule has 1 unspecified atom stereocenters. The van der Waals surface area contributed by atoms with Crippen LogP contribution in [0.4, 0.5) is 0 Å². The Kier molecular flexibility index (Phi) is 2.50. The van der Waals surface area contributed by atoms with Crippen LogP contribution in [0.1, 0.15) is 13.8 Å². The van der Waals surface area contributed by atoms with Crippen LogP contribution in [0, 0.1) is 0 Å². The molecule has 0 spiro atoms. The summed E-state index contributed by atoms with van der Waals surface area (Å²) in [6, 6.07) is 0. The summed E-state index contributed by atoms with van der Waals surface area (Å²) in [6.07, 6.45) is 1.56. The Morgan fingerprint density at radius 3 is 2.80 bits per heavy atom. The average molecular weight is 176 g/mol. The van der Waals surface area contributed by atoms with E-state index >= 15 is 0 Å². The van der Waals surface area contributed by atoms with Crippen molar-refractivity contribution in [2.24, 2.45) is 0 Å². The molecule has 0 N–H and O–H groups in total. The van der Waals surface area contributed by atoms with Gasteiger partial charge in [0.1, 0.15) is 4.21 Å². The second-order valence-corrected chi connectivity index (χ2v) is 5.10. The first kappa shape index (κ1) is 7.81. The van der Waals surface area contributed by atoms with Gasteiger partial charge in [0.25, 0.3) is 0 Å². The van der Waals surface area contributed by atoms with Gasteiger partial charge in [-0.1, -0.05) is 18.3 Å². The van der Waals surface area contributed by atoms with Crippen LogP contribution in [0.3, 0.4) is 0 Å². The first-order valence-electron chi connectivity index (χ1n) is 2.89. The highest BCUT2D eigenvalue weighted by Crippen LogP contribution is 2.12. The molecule has 10 heavy (non-hydrogen) atoms. The normalized spacial score (nSPS) is 13.9. The Balaban J connectivity index is 2.78. The molecule has 0 aromatic carbocycles. The summed E-state index contributed by atoms with van der Waals surface area (Å²) in [5, 5.41) is 3.76. The van der Waals surface area contributed by atoms with E-state index in [4.69, 9.17) is 0 Å². The summed E-state index contributed by atoms with van der Waals surface area (Å²) in [5.41, 5.74) is 0. The van der Waals surface area contributed by atoms with Crippen molar-refractivity contribution < 1.29 is 4.21 Å². The maximum atomic E-state index is 11.2. The third kappa shape index (κ3) is 1.60. The van der Waals surface area contributed by atoms with E-state index < -0.39 is 10.8 Å². The van der Waals surface area contributed by atoms with Gasteiger partial charge in [0, 0.05) is 5.25 Å². The highest BCUT2D eigenvalue weighted by molar-refractivity contribution is 7.87. The molecule has 1 atom stereocenters. The van der Waals surface area contributed by atoms with E-state index in [2.05, 4.69) is 9.59 Å². The van der Waals surface area contributed by atoms with Crippen molar-refractivity contribution in [3.8, 4) is 0 Å². The predicted octanol–water partition coefficient (Wildman–Crippen LogP) is 1.05. The van der Waals surface area contributed by atoms with Crippen LogP contribution in [0.15, 0.2) is 10.4 Å².